The second kappa shape index (κ2) is 5.70. The molecule has 0 fully saturated rings. The molecular weight excluding hydrogens is 212 g/mol. The van der Waals surface area contributed by atoms with E-state index in [1.807, 2.05) is 6.92 Å². The number of Topliss-reactive ketones (excluding diaryl/α,β-unsaturated/α-hetero) is 1. The molecule has 0 amide bonds. The summed E-state index contributed by atoms with van der Waals surface area (Å²) in [6.45, 7) is 1.97. The molecule has 0 aliphatic rings. The lowest BCUT2D eigenvalue weighted by molar-refractivity contribution is 0.0972. The molecule has 16 heavy (non-hydrogen) atoms. The van der Waals surface area contributed by atoms with Crippen LogP contribution in [0.4, 0.5) is 8.78 Å². The zero-order valence-corrected chi connectivity index (χ0v) is 9.17. The number of halogens is 2. The molecule has 0 aliphatic heterocycles. The first kappa shape index (κ1) is 12.8. The van der Waals surface area contributed by atoms with Gasteiger partial charge in [0, 0.05) is 18.0 Å². The van der Waals surface area contributed by atoms with Crippen LogP contribution in [0.15, 0.2) is 18.2 Å². The minimum Gasteiger partial charge on any atom is -0.327 e. The highest BCUT2D eigenvalue weighted by Gasteiger charge is 2.13. The van der Waals surface area contributed by atoms with Gasteiger partial charge < -0.3 is 5.73 Å². The maximum absolute atomic E-state index is 12.9. The summed E-state index contributed by atoms with van der Waals surface area (Å²) in [5.74, 6) is -2.20. The minimum atomic E-state index is -1.00. The summed E-state index contributed by atoms with van der Waals surface area (Å²) in [4.78, 5) is 11.6. The first-order valence-electron chi connectivity index (χ1n) is 5.28. The third-order valence-electron chi connectivity index (χ3n) is 2.35. The Morgan fingerprint density at radius 1 is 1.38 bits per heavy atom. The van der Waals surface area contributed by atoms with Crippen molar-refractivity contribution in [3.8, 4) is 0 Å². The highest BCUT2D eigenvalue weighted by Crippen LogP contribution is 2.12. The third-order valence-corrected chi connectivity index (χ3v) is 2.35. The molecule has 0 aromatic heterocycles. The Morgan fingerprint density at radius 3 is 2.62 bits per heavy atom. The number of carbonyl (C=O) groups is 1. The molecule has 88 valence electrons. The Morgan fingerprint density at radius 2 is 2.06 bits per heavy atom. The number of nitrogens with two attached hydrogens (primary N) is 1. The summed E-state index contributed by atoms with van der Waals surface area (Å²) in [7, 11) is 0. The summed E-state index contributed by atoms with van der Waals surface area (Å²) in [6.07, 6.45) is 1.81. The van der Waals surface area contributed by atoms with E-state index >= 15 is 0 Å². The summed E-state index contributed by atoms with van der Waals surface area (Å²) in [6, 6.07) is 2.93. The molecular formula is C12H15F2NO. The third kappa shape index (κ3) is 3.38. The van der Waals surface area contributed by atoms with Crippen molar-refractivity contribution < 1.29 is 13.6 Å². The molecule has 0 bridgehead atoms. The standard InChI is InChI=1S/C12H15F2NO/c1-2-3-9(15)7-12(16)8-4-5-10(13)11(14)6-8/h4-6,9H,2-3,7,15H2,1H3. The monoisotopic (exact) mass is 227 g/mol. The molecule has 4 heteroatoms. The number of carbonyl (C=O) groups excluding carboxylic acids is 1. The van der Waals surface area contributed by atoms with Gasteiger partial charge >= 0.3 is 0 Å². The van der Waals surface area contributed by atoms with Crippen LogP contribution in [0, 0.1) is 11.6 Å². The van der Waals surface area contributed by atoms with Crippen LogP contribution >= 0.6 is 0 Å². The average Bonchev–Trinajstić information content (AvgIpc) is 2.22. The number of hydrogen-bond acceptors (Lipinski definition) is 2. The van der Waals surface area contributed by atoms with Crippen molar-refractivity contribution in [2.75, 3.05) is 0 Å². The lowest BCUT2D eigenvalue weighted by atomic mass is 10.0. The van der Waals surface area contributed by atoms with Gasteiger partial charge in [-0.2, -0.15) is 0 Å². The zero-order valence-electron chi connectivity index (χ0n) is 9.17. The van der Waals surface area contributed by atoms with Gasteiger partial charge in [-0.3, -0.25) is 4.79 Å². The predicted octanol–water partition coefficient (Wildman–Crippen LogP) is 2.67. The van der Waals surface area contributed by atoms with E-state index in [-0.39, 0.29) is 23.8 Å². The van der Waals surface area contributed by atoms with E-state index in [0.717, 1.165) is 25.0 Å². The molecule has 0 spiro atoms. The second-order valence-corrected chi connectivity index (χ2v) is 3.80. The van der Waals surface area contributed by atoms with Crippen LogP contribution in [0.5, 0.6) is 0 Å². The molecule has 2 N–H and O–H groups in total. The first-order valence-corrected chi connectivity index (χ1v) is 5.28. The van der Waals surface area contributed by atoms with Crippen molar-refractivity contribution in [3.63, 3.8) is 0 Å². The smallest absolute Gasteiger partial charge is 0.164 e. The molecule has 2 nitrogen and oxygen atoms in total. The fourth-order valence-electron chi connectivity index (χ4n) is 1.50. The summed E-state index contributed by atoms with van der Waals surface area (Å²) < 4.78 is 25.5. The SMILES string of the molecule is CCCC(N)CC(=O)c1ccc(F)c(F)c1. The van der Waals surface area contributed by atoms with Gasteiger partial charge in [-0.1, -0.05) is 13.3 Å². The molecule has 0 heterocycles. The molecule has 1 aromatic carbocycles. The van der Waals surface area contributed by atoms with Crippen molar-refractivity contribution in [1.29, 1.82) is 0 Å². The van der Waals surface area contributed by atoms with Crippen molar-refractivity contribution >= 4 is 5.78 Å². The Hall–Kier alpha value is -1.29. The molecule has 0 saturated heterocycles. The van der Waals surface area contributed by atoms with Crippen LogP contribution < -0.4 is 5.73 Å². The summed E-state index contributed by atoms with van der Waals surface area (Å²) >= 11 is 0. The highest BCUT2D eigenvalue weighted by molar-refractivity contribution is 5.96. The van der Waals surface area contributed by atoms with Crippen LogP contribution in [0.2, 0.25) is 0 Å². The molecule has 1 rings (SSSR count). The van der Waals surface area contributed by atoms with Gasteiger partial charge in [0.2, 0.25) is 0 Å². The molecule has 1 atom stereocenters. The molecule has 0 radical (unpaired) electrons. The average molecular weight is 227 g/mol. The van der Waals surface area contributed by atoms with E-state index in [9.17, 15) is 13.6 Å². The minimum absolute atomic E-state index is 0.166. The normalized spacial score (nSPS) is 12.5. The Kier molecular flexibility index (Phi) is 4.55. The van der Waals surface area contributed by atoms with E-state index < -0.39 is 11.6 Å². The highest BCUT2D eigenvalue weighted by atomic mass is 19.2. The Labute approximate surface area is 93.5 Å². The molecule has 0 saturated carbocycles. The van der Waals surface area contributed by atoms with Crippen molar-refractivity contribution in [1.82, 2.24) is 0 Å². The number of hydrogen-bond donors (Lipinski definition) is 1. The fraction of sp³-hybridized carbons (Fsp3) is 0.417. The van der Waals surface area contributed by atoms with E-state index in [2.05, 4.69) is 0 Å². The van der Waals surface area contributed by atoms with E-state index in [0.29, 0.717) is 0 Å². The number of rotatable bonds is 5. The van der Waals surface area contributed by atoms with Crippen LogP contribution in [0.1, 0.15) is 36.5 Å². The lowest BCUT2D eigenvalue weighted by Crippen LogP contribution is -2.23. The quantitative estimate of drug-likeness (QED) is 0.786. The topological polar surface area (TPSA) is 43.1 Å². The molecule has 1 unspecified atom stereocenters. The zero-order chi connectivity index (χ0) is 12.1. The van der Waals surface area contributed by atoms with Gasteiger partial charge in [0.05, 0.1) is 0 Å². The summed E-state index contributed by atoms with van der Waals surface area (Å²) in [5, 5.41) is 0. The van der Waals surface area contributed by atoms with Crippen molar-refractivity contribution in [2.45, 2.75) is 32.2 Å². The van der Waals surface area contributed by atoms with Crippen LogP contribution in [0.3, 0.4) is 0 Å². The Balaban J connectivity index is 2.69. The van der Waals surface area contributed by atoms with Gasteiger partial charge in [-0.15, -0.1) is 0 Å². The van der Waals surface area contributed by atoms with Gasteiger partial charge in [0.15, 0.2) is 17.4 Å². The van der Waals surface area contributed by atoms with Crippen molar-refractivity contribution in [3.05, 3.63) is 35.4 Å². The molecule has 1 aromatic rings. The summed E-state index contributed by atoms with van der Waals surface area (Å²) in [5.41, 5.74) is 5.87. The fourth-order valence-corrected chi connectivity index (χ4v) is 1.50. The predicted molar refractivity (Wildman–Crippen MR) is 58.2 cm³/mol. The number of benzene rings is 1. The maximum atomic E-state index is 12.9. The lowest BCUT2D eigenvalue weighted by Gasteiger charge is -2.09. The second-order valence-electron chi connectivity index (χ2n) is 3.80. The van der Waals surface area contributed by atoms with Gasteiger partial charge in [-0.25, -0.2) is 8.78 Å². The van der Waals surface area contributed by atoms with Gasteiger partial charge in [-0.05, 0) is 24.6 Å². The maximum Gasteiger partial charge on any atom is 0.164 e. The van der Waals surface area contributed by atoms with Crippen LogP contribution in [-0.2, 0) is 0 Å². The first-order chi connectivity index (χ1) is 7.54. The largest absolute Gasteiger partial charge is 0.327 e. The Bertz CT molecular complexity index is 379. The number of ketones is 1. The van der Waals surface area contributed by atoms with Crippen LogP contribution in [0.25, 0.3) is 0 Å². The van der Waals surface area contributed by atoms with Gasteiger partial charge in [0.1, 0.15) is 0 Å². The van der Waals surface area contributed by atoms with Gasteiger partial charge in [0.25, 0.3) is 0 Å². The van der Waals surface area contributed by atoms with E-state index in [4.69, 9.17) is 5.73 Å². The van der Waals surface area contributed by atoms with E-state index in [1.54, 1.807) is 0 Å². The molecule has 0 aliphatic carbocycles. The van der Waals surface area contributed by atoms with Crippen molar-refractivity contribution in [2.24, 2.45) is 5.73 Å². The van der Waals surface area contributed by atoms with Crippen LogP contribution in [-0.4, -0.2) is 11.8 Å². The van der Waals surface area contributed by atoms with E-state index in [1.165, 1.54) is 6.07 Å².